The topological polar surface area (TPSA) is 115 Å². The first-order valence-corrected chi connectivity index (χ1v) is 12.8. The quantitative estimate of drug-likeness (QED) is 0.310. The molecule has 2 heterocycles. The number of carbonyl (C=O) groups excluding carboxylic acids is 2. The highest BCUT2D eigenvalue weighted by molar-refractivity contribution is 7.07. The molecule has 3 aromatic rings. The third kappa shape index (κ3) is 5.30. The van der Waals surface area contributed by atoms with E-state index in [1.807, 2.05) is 6.07 Å². The Balaban J connectivity index is 1.97. The van der Waals surface area contributed by atoms with Crippen LogP contribution >= 0.6 is 11.3 Å². The highest BCUT2D eigenvalue weighted by Gasteiger charge is 2.34. The number of fused-ring (bicyclic) bond motifs is 1. The molecule has 1 aliphatic rings. The van der Waals surface area contributed by atoms with Gasteiger partial charge in [-0.25, -0.2) is 9.79 Å². The summed E-state index contributed by atoms with van der Waals surface area (Å²) in [5, 5.41) is 0. The molecule has 1 aromatic heterocycles. The Labute approximate surface area is 228 Å². The summed E-state index contributed by atoms with van der Waals surface area (Å²) in [7, 11) is 4.50. The van der Waals surface area contributed by atoms with Crippen LogP contribution in [0.3, 0.4) is 0 Å². The second-order valence-electron chi connectivity index (χ2n) is 8.39. The van der Waals surface area contributed by atoms with Gasteiger partial charge >= 0.3 is 11.9 Å². The van der Waals surface area contributed by atoms with Gasteiger partial charge in [0, 0.05) is 12.5 Å². The van der Waals surface area contributed by atoms with Crippen LogP contribution in [-0.2, 0) is 14.3 Å². The molecule has 10 nitrogen and oxygen atoms in total. The molecule has 11 heteroatoms. The zero-order valence-electron chi connectivity index (χ0n) is 22.4. The van der Waals surface area contributed by atoms with Crippen LogP contribution in [0, 0.1) is 0 Å². The fraction of sp³-hybridized carbons (Fsp3) is 0.286. The second-order valence-corrected chi connectivity index (χ2v) is 9.40. The second kappa shape index (κ2) is 11.6. The average Bonchev–Trinajstić information content (AvgIpc) is 3.21. The molecule has 0 bridgehead atoms. The number of methoxy groups -OCH3 is 3. The van der Waals surface area contributed by atoms with Gasteiger partial charge in [-0.15, -0.1) is 0 Å². The number of rotatable bonds is 8. The van der Waals surface area contributed by atoms with Gasteiger partial charge in [0.05, 0.1) is 49.8 Å². The van der Waals surface area contributed by atoms with Crippen molar-refractivity contribution in [2.75, 3.05) is 27.9 Å². The van der Waals surface area contributed by atoms with Crippen molar-refractivity contribution in [1.29, 1.82) is 0 Å². The minimum atomic E-state index is -0.866. The van der Waals surface area contributed by atoms with Gasteiger partial charge in [-0.1, -0.05) is 29.5 Å². The summed E-state index contributed by atoms with van der Waals surface area (Å²) >= 11 is 1.19. The van der Waals surface area contributed by atoms with Gasteiger partial charge in [0.25, 0.3) is 5.56 Å². The van der Waals surface area contributed by atoms with E-state index in [1.54, 1.807) is 50.3 Å². The first-order chi connectivity index (χ1) is 18.7. The van der Waals surface area contributed by atoms with E-state index in [4.69, 9.17) is 23.7 Å². The predicted octanol–water partition coefficient (Wildman–Crippen LogP) is 2.75. The van der Waals surface area contributed by atoms with E-state index in [9.17, 15) is 14.4 Å². The van der Waals surface area contributed by atoms with Crippen LogP contribution in [0.15, 0.2) is 57.5 Å². The molecule has 0 fully saturated rings. The van der Waals surface area contributed by atoms with Crippen molar-refractivity contribution in [2.45, 2.75) is 26.8 Å². The van der Waals surface area contributed by atoms with Gasteiger partial charge in [-0.3, -0.25) is 14.2 Å². The summed E-state index contributed by atoms with van der Waals surface area (Å²) in [6.45, 7) is 4.84. The van der Waals surface area contributed by atoms with Gasteiger partial charge in [0.1, 0.15) is 0 Å². The van der Waals surface area contributed by atoms with Gasteiger partial charge in [0.15, 0.2) is 27.8 Å². The molecule has 0 saturated heterocycles. The monoisotopic (exact) mass is 552 g/mol. The fourth-order valence-corrected chi connectivity index (χ4v) is 5.40. The standard InChI is InChI=1S/C28H28N2O8S/c1-7-37-27(33)23-15(2)29-28-30(24(23)17-11-12-19(38-16(3)31)21(13-17)35-5)26(32)22(39-28)14-18-9-8-10-20(34-4)25(18)36-6/h8-14,24H,7H2,1-6H3/b22-14+/t24-/m0/s1. The summed E-state index contributed by atoms with van der Waals surface area (Å²) in [4.78, 5) is 43.6. The molecule has 0 unspecified atom stereocenters. The molecule has 0 amide bonds. The molecule has 1 atom stereocenters. The third-order valence-electron chi connectivity index (χ3n) is 5.99. The van der Waals surface area contributed by atoms with Crippen LogP contribution in [0.4, 0.5) is 0 Å². The fourth-order valence-electron chi connectivity index (χ4n) is 4.37. The Kier molecular flexibility index (Phi) is 8.20. The molecule has 0 N–H and O–H groups in total. The Morgan fingerprint density at radius 1 is 1.05 bits per heavy atom. The van der Waals surface area contributed by atoms with E-state index in [2.05, 4.69) is 4.99 Å². The SMILES string of the molecule is CCOC(=O)C1=C(C)N=c2s/c(=C/c3cccc(OC)c3OC)c(=O)n2[C@H]1c1ccc(OC(C)=O)c(OC)c1. The number of hydrogen-bond donors (Lipinski definition) is 0. The number of thiazole rings is 1. The maximum absolute atomic E-state index is 13.9. The molecule has 1 aliphatic heterocycles. The van der Waals surface area contributed by atoms with Crippen molar-refractivity contribution >= 4 is 29.4 Å². The third-order valence-corrected chi connectivity index (χ3v) is 6.98. The van der Waals surface area contributed by atoms with E-state index in [0.717, 1.165) is 0 Å². The number of allylic oxidation sites excluding steroid dienone is 1. The van der Waals surface area contributed by atoms with Crippen molar-refractivity contribution in [3.05, 3.63) is 78.5 Å². The Bertz CT molecular complexity index is 1650. The number of hydrogen-bond acceptors (Lipinski definition) is 10. The van der Waals surface area contributed by atoms with Crippen LogP contribution in [-0.4, -0.2) is 44.4 Å². The van der Waals surface area contributed by atoms with E-state index in [-0.39, 0.29) is 29.2 Å². The number of para-hydroxylation sites is 1. The summed E-state index contributed by atoms with van der Waals surface area (Å²) in [5.41, 5.74) is 1.48. The van der Waals surface area contributed by atoms with E-state index >= 15 is 0 Å². The summed E-state index contributed by atoms with van der Waals surface area (Å²) in [6.07, 6.45) is 1.70. The van der Waals surface area contributed by atoms with E-state index in [0.29, 0.717) is 37.7 Å². The van der Waals surface area contributed by atoms with Gasteiger partial charge in [-0.2, -0.15) is 0 Å². The van der Waals surface area contributed by atoms with Crippen LogP contribution in [0.2, 0.25) is 0 Å². The van der Waals surface area contributed by atoms with Crippen molar-refractivity contribution < 1.29 is 33.3 Å². The maximum atomic E-state index is 13.9. The number of ether oxygens (including phenoxy) is 5. The number of carbonyl (C=O) groups is 2. The molecular formula is C28H28N2O8S. The first-order valence-electron chi connectivity index (χ1n) is 12.0. The maximum Gasteiger partial charge on any atom is 0.338 e. The molecule has 0 saturated carbocycles. The van der Waals surface area contributed by atoms with Crippen LogP contribution < -0.4 is 33.8 Å². The minimum Gasteiger partial charge on any atom is -0.493 e. The first kappa shape index (κ1) is 27.6. The molecule has 0 aliphatic carbocycles. The molecule has 39 heavy (non-hydrogen) atoms. The predicted molar refractivity (Wildman–Crippen MR) is 144 cm³/mol. The van der Waals surface area contributed by atoms with Crippen molar-refractivity contribution in [3.63, 3.8) is 0 Å². The van der Waals surface area contributed by atoms with Crippen molar-refractivity contribution in [3.8, 4) is 23.0 Å². The minimum absolute atomic E-state index is 0.150. The molecular weight excluding hydrogens is 524 g/mol. The van der Waals surface area contributed by atoms with Crippen LogP contribution in [0.1, 0.15) is 37.9 Å². The summed E-state index contributed by atoms with van der Waals surface area (Å²) in [6, 6.07) is 9.37. The lowest BCUT2D eigenvalue weighted by molar-refractivity contribution is -0.139. The largest absolute Gasteiger partial charge is 0.493 e. The summed E-state index contributed by atoms with van der Waals surface area (Å²) in [5.74, 6) is 0.392. The molecule has 204 valence electrons. The van der Waals surface area contributed by atoms with Gasteiger partial charge in [0.2, 0.25) is 0 Å². The number of benzene rings is 2. The molecule has 4 rings (SSSR count). The lowest BCUT2D eigenvalue weighted by Crippen LogP contribution is -2.40. The number of esters is 2. The molecule has 2 aromatic carbocycles. The normalized spacial score (nSPS) is 14.8. The Morgan fingerprint density at radius 3 is 2.44 bits per heavy atom. The van der Waals surface area contributed by atoms with Crippen LogP contribution in [0.5, 0.6) is 23.0 Å². The Hall–Kier alpha value is -4.38. The van der Waals surface area contributed by atoms with Crippen LogP contribution in [0.25, 0.3) is 6.08 Å². The van der Waals surface area contributed by atoms with Gasteiger partial charge in [-0.05, 0) is 43.7 Å². The highest BCUT2D eigenvalue weighted by atomic mass is 32.1. The molecule has 0 spiro atoms. The highest BCUT2D eigenvalue weighted by Crippen LogP contribution is 2.36. The average molecular weight is 553 g/mol. The number of aromatic nitrogens is 1. The number of nitrogens with zero attached hydrogens (tertiary/aromatic N) is 2. The Morgan fingerprint density at radius 2 is 1.79 bits per heavy atom. The van der Waals surface area contributed by atoms with E-state index in [1.165, 1.54) is 44.2 Å². The van der Waals surface area contributed by atoms with Crippen molar-refractivity contribution in [1.82, 2.24) is 4.57 Å². The van der Waals surface area contributed by atoms with Gasteiger partial charge < -0.3 is 23.7 Å². The smallest absolute Gasteiger partial charge is 0.338 e. The zero-order chi connectivity index (χ0) is 28.3. The summed E-state index contributed by atoms with van der Waals surface area (Å²) < 4.78 is 28.8. The van der Waals surface area contributed by atoms with E-state index < -0.39 is 18.0 Å². The lowest BCUT2D eigenvalue weighted by atomic mass is 9.95. The molecule has 0 radical (unpaired) electrons. The zero-order valence-corrected chi connectivity index (χ0v) is 23.2. The lowest BCUT2D eigenvalue weighted by Gasteiger charge is -2.25. The van der Waals surface area contributed by atoms with Crippen molar-refractivity contribution in [2.24, 2.45) is 4.99 Å².